The summed E-state index contributed by atoms with van der Waals surface area (Å²) in [4.78, 5) is 27.0. The fourth-order valence-corrected chi connectivity index (χ4v) is 4.27. The van der Waals surface area contributed by atoms with Crippen molar-refractivity contribution in [3.05, 3.63) is 45.6 Å². The maximum atomic E-state index is 12.8. The molecule has 6 heteroatoms. The predicted molar refractivity (Wildman–Crippen MR) is 100 cm³/mol. The van der Waals surface area contributed by atoms with Crippen LogP contribution < -0.4 is 10.5 Å². The largest absolute Gasteiger partial charge is 0.340 e. The van der Waals surface area contributed by atoms with E-state index in [0.29, 0.717) is 11.3 Å². The van der Waals surface area contributed by atoms with E-state index in [0.717, 1.165) is 47.0 Å². The van der Waals surface area contributed by atoms with Crippen molar-refractivity contribution in [3.63, 3.8) is 0 Å². The fraction of sp³-hybridized carbons (Fsp3) is 0.333. The Morgan fingerprint density at radius 3 is 2.54 bits per heavy atom. The Bertz CT molecular complexity index is 923. The van der Waals surface area contributed by atoms with Gasteiger partial charge in [-0.3, -0.25) is 9.78 Å². The summed E-state index contributed by atoms with van der Waals surface area (Å²) in [6.45, 7) is 5.81. The molecule has 0 bridgehead atoms. The summed E-state index contributed by atoms with van der Waals surface area (Å²) in [6, 6.07) is 10.1. The van der Waals surface area contributed by atoms with Gasteiger partial charge in [-0.1, -0.05) is 30.3 Å². The minimum Gasteiger partial charge on any atom is -0.340 e. The number of aromatic nitrogens is 2. The minimum absolute atomic E-state index is 0.0443. The summed E-state index contributed by atoms with van der Waals surface area (Å²) >= 11 is 1.60. The first-order valence-corrected chi connectivity index (χ1v) is 8.97. The molecule has 0 spiro atoms. The summed E-state index contributed by atoms with van der Waals surface area (Å²) in [5.74, 6) is 0.696. The zero-order chi connectivity index (χ0) is 16.7. The Morgan fingerprint density at radius 1 is 1.12 bits per heavy atom. The molecule has 0 aliphatic carbocycles. The van der Waals surface area contributed by atoms with Gasteiger partial charge in [0.2, 0.25) is 5.95 Å². The van der Waals surface area contributed by atoms with E-state index in [1.165, 1.54) is 0 Å². The molecule has 1 N–H and O–H groups in total. The summed E-state index contributed by atoms with van der Waals surface area (Å²) in [5.41, 5.74) is 2.03. The van der Waals surface area contributed by atoms with Crippen LogP contribution in [-0.4, -0.2) is 48.1 Å². The summed E-state index contributed by atoms with van der Waals surface area (Å²) in [7, 11) is 2.12. The average Bonchev–Trinajstić information content (AvgIpc) is 2.93. The molecule has 0 unspecified atom stereocenters. The van der Waals surface area contributed by atoms with Gasteiger partial charge in [0, 0.05) is 36.6 Å². The van der Waals surface area contributed by atoms with Crippen molar-refractivity contribution < 1.29 is 0 Å². The lowest BCUT2D eigenvalue weighted by molar-refractivity contribution is 0.311. The van der Waals surface area contributed by atoms with Crippen LogP contribution in [0.4, 0.5) is 5.95 Å². The second kappa shape index (κ2) is 6.03. The zero-order valence-corrected chi connectivity index (χ0v) is 14.7. The van der Waals surface area contributed by atoms with Crippen molar-refractivity contribution in [2.45, 2.75) is 6.92 Å². The van der Waals surface area contributed by atoms with E-state index in [9.17, 15) is 4.79 Å². The molecule has 0 atom stereocenters. The number of likely N-dealkylation sites (N-methyl/N-ethyl adjacent to an activating group) is 1. The molecule has 1 fully saturated rings. The summed E-state index contributed by atoms with van der Waals surface area (Å²) in [6.07, 6.45) is 0. The number of aryl methyl sites for hydroxylation is 1. The highest BCUT2D eigenvalue weighted by Gasteiger charge is 2.20. The van der Waals surface area contributed by atoms with Crippen LogP contribution in [0, 0.1) is 6.92 Å². The van der Waals surface area contributed by atoms with Crippen LogP contribution in [0.1, 0.15) is 4.88 Å². The Morgan fingerprint density at radius 2 is 1.83 bits per heavy atom. The summed E-state index contributed by atoms with van der Waals surface area (Å²) < 4.78 is 0. The quantitative estimate of drug-likeness (QED) is 0.779. The highest BCUT2D eigenvalue weighted by molar-refractivity contribution is 7.19. The molecular weight excluding hydrogens is 320 g/mol. The fourth-order valence-electron chi connectivity index (χ4n) is 3.23. The van der Waals surface area contributed by atoms with E-state index >= 15 is 0 Å². The number of anilines is 1. The Labute approximate surface area is 144 Å². The van der Waals surface area contributed by atoms with Gasteiger partial charge in [0.1, 0.15) is 4.83 Å². The SMILES string of the molecule is Cc1sc2nc(N3CCN(C)CC3)[nH]c(=O)c2c1-c1ccccc1. The van der Waals surface area contributed by atoms with Crippen molar-refractivity contribution in [2.24, 2.45) is 0 Å². The van der Waals surface area contributed by atoms with Gasteiger partial charge < -0.3 is 9.80 Å². The number of benzene rings is 1. The molecule has 3 heterocycles. The second-order valence-electron chi connectivity index (χ2n) is 6.26. The molecule has 1 aliphatic rings. The van der Waals surface area contributed by atoms with Crippen LogP contribution in [0.3, 0.4) is 0 Å². The van der Waals surface area contributed by atoms with Gasteiger partial charge in [0.05, 0.1) is 5.39 Å². The van der Waals surface area contributed by atoms with E-state index in [1.54, 1.807) is 11.3 Å². The number of nitrogens with one attached hydrogen (secondary N) is 1. The highest BCUT2D eigenvalue weighted by atomic mass is 32.1. The molecule has 2 aromatic heterocycles. The standard InChI is InChI=1S/C18H20N4OS/c1-12-14(13-6-4-3-5-7-13)15-16(23)19-18(20-17(15)24-12)22-10-8-21(2)9-11-22/h3-7H,8-11H2,1-2H3,(H,19,20,23). The molecule has 3 aromatic rings. The van der Waals surface area contributed by atoms with Gasteiger partial charge in [0.15, 0.2) is 0 Å². The molecule has 1 saturated heterocycles. The predicted octanol–water partition coefficient (Wildman–Crippen LogP) is 2.71. The average molecular weight is 340 g/mol. The van der Waals surface area contributed by atoms with Crippen molar-refractivity contribution in [2.75, 3.05) is 38.1 Å². The molecule has 0 amide bonds. The first-order valence-electron chi connectivity index (χ1n) is 8.16. The highest BCUT2D eigenvalue weighted by Crippen LogP contribution is 2.35. The molecule has 24 heavy (non-hydrogen) atoms. The third kappa shape index (κ3) is 2.61. The number of aromatic amines is 1. The number of rotatable bonds is 2. The molecule has 4 rings (SSSR count). The van der Waals surface area contributed by atoms with E-state index in [4.69, 9.17) is 4.98 Å². The first-order chi connectivity index (χ1) is 11.6. The lowest BCUT2D eigenvalue weighted by atomic mass is 10.0. The smallest absolute Gasteiger partial charge is 0.261 e. The van der Waals surface area contributed by atoms with Gasteiger partial charge in [0.25, 0.3) is 5.56 Å². The van der Waals surface area contributed by atoms with Crippen molar-refractivity contribution >= 4 is 27.5 Å². The topological polar surface area (TPSA) is 52.2 Å². The third-order valence-electron chi connectivity index (χ3n) is 4.59. The molecule has 1 aromatic carbocycles. The molecule has 5 nitrogen and oxygen atoms in total. The Balaban J connectivity index is 1.82. The van der Waals surface area contributed by atoms with Gasteiger partial charge in [-0.25, -0.2) is 4.98 Å². The number of thiophene rings is 1. The van der Waals surface area contributed by atoms with Crippen LogP contribution in [0.15, 0.2) is 35.1 Å². The summed E-state index contributed by atoms with van der Waals surface area (Å²) in [5, 5.41) is 0.710. The molecular formula is C18H20N4OS. The molecule has 0 saturated carbocycles. The van der Waals surface area contributed by atoms with E-state index in [2.05, 4.69) is 28.8 Å². The lowest BCUT2D eigenvalue weighted by Gasteiger charge is -2.32. The molecule has 0 radical (unpaired) electrons. The number of hydrogen-bond acceptors (Lipinski definition) is 5. The minimum atomic E-state index is -0.0443. The van der Waals surface area contributed by atoms with E-state index < -0.39 is 0 Å². The molecule has 1 aliphatic heterocycles. The van der Waals surface area contributed by atoms with Gasteiger partial charge >= 0.3 is 0 Å². The van der Waals surface area contributed by atoms with Crippen LogP contribution in [-0.2, 0) is 0 Å². The Kier molecular flexibility index (Phi) is 3.86. The van der Waals surface area contributed by atoms with E-state index in [1.807, 2.05) is 30.3 Å². The monoisotopic (exact) mass is 340 g/mol. The van der Waals surface area contributed by atoms with Crippen LogP contribution in [0.5, 0.6) is 0 Å². The van der Waals surface area contributed by atoms with Crippen LogP contribution in [0.2, 0.25) is 0 Å². The van der Waals surface area contributed by atoms with Crippen LogP contribution in [0.25, 0.3) is 21.3 Å². The van der Waals surface area contributed by atoms with Crippen molar-refractivity contribution in [3.8, 4) is 11.1 Å². The van der Waals surface area contributed by atoms with Gasteiger partial charge in [-0.05, 0) is 19.5 Å². The van der Waals surface area contributed by atoms with Crippen molar-refractivity contribution in [1.29, 1.82) is 0 Å². The van der Waals surface area contributed by atoms with Crippen LogP contribution >= 0.6 is 11.3 Å². The van der Waals surface area contributed by atoms with E-state index in [-0.39, 0.29) is 5.56 Å². The number of fused-ring (bicyclic) bond motifs is 1. The zero-order valence-electron chi connectivity index (χ0n) is 13.9. The van der Waals surface area contributed by atoms with Gasteiger partial charge in [-0.15, -0.1) is 11.3 Å². The first kappa shape index (κ1) is 15.4. The van der Waals surface area contributed by atoms with Crippen molar-refractivity contribution in [1.82, 2.24) is 14.9 Å². The Hall–Kier alpha value is -2.18. The molecule has 124 valence electrons. The second-order valence-corrected chi connectivity index (χ2v) is 7.46. The number of H-pyrrole nitrogens is 1. The normalized spacial score (nSPS) is 16.0. The number of hydrogen-bond donors (Lipinski definition) is 1. The number of piperazine rings is 1. The number of nitrogens with zero attached hydrogens (tertiary/aromatic N) is 3. The van der Waals surface area contributed by atoms with Gasteiger partial charge in [-0.2, -0.15) is 0 Å². The maximum absolute atomic E-state index is 12.8. The third-order valence-corrected chi connectivity index (χ3v) is 5.59. The lowest BCUT2D eigenvalue weighted by Crippen LogP contribution is -2.45. The maximum Gasteiger partial charge on any atom is 0.261 e.